The van der Waals surface area contributed by atoms with Crippen LogP contribution >= 0.6 is 0 Å². The third-order valence-electron chi connectivity index (χ3n) is 3.36. The van der Waals surface area contributed by atoms with Gasteiger partial charge in [-0.1, -0.05) is 60.7 Å². The van der Waals surface area contributed by atoms with Crippen LogP contribution in [0.25, 0.3) is 0 Å². The number of hydrogen-bond donors (Lipinski definition) is 1. The van der Waals surface area contributed by atoms with E-state index in [9.17, 15) is 4.79 Å². The van der Waals surface area contributed by atoms with Crippen LogP contribution in [0.1, 0.15) is 23.7 Å². The second-order valence-corrected chi connectivity index (χ2v) is 4.91. The number of carbonyl (C=O) groups excluding carboxylic acids is 1. The highest BCUT2D eigenvalue weighted by molar-refractivity contribution is 5.82. The molecule has 110 valence electrons. The number of methoxy groups -OCH3 is 1. The summed E-state index contributed by atoms with van der Waals surface area (Å²) in [6, 6.07) is 19.8. The van der Waals surface area contributed by atoms with E-state index >= 15 is 0 Å². The summed E-state index contributed by atoms with van der Waals surface area (Å²) in [5, 5.41) is 2.94. The molecule has 1 unspecified atom stereocenters. The normalized spacial score (nSPS) is 11.9. The van der Waals surface area contributed by atoms with Gasteiger partial charge >= 0.3 is 0 Å². The van der Waals surface area contributed by atoms with Crippen LogP contribution in [0.5, 0.6) is 0 Å². The molecule has 0 fully saturated rings. The zero-order valence-electron chi connectivity index (χ0n) is 12.3. The number of benzene rings is 2. The Balaban J connectivity index is 1.78. The maximum absolute atomic E-state index is 12.1. The highest BCUT2D eigenvalue weighted by atomic mass is 16.5. The van der Waals surface area contributed by atoms with Gasteiger partial charge in [0.2, 0.25) is 0 Å². The SMILES string of the molecule is COC(C(=O)NCCCc1ccccc1)c1ccccc1. The summed E-state index contributed by atoms with van der Waals surface area (Å²) in [5.74, 6) is -0.0863. The number of rotatable bonds is 7. The standard InChI is InChI=1S/C18H21NO2/c1-21-17(16-12-6-3-7-13-16)18(20)19-14-8-11-15-9-4-2-5-10-15/h2-7,9-10,12-13,17H,8,11,14H2,1H3,(H,19,20). The van der Waals surface area contributed by atoms with Crippen molar-refractivity contribution in [2.24, 2.45) is 0 Å². The fourth-order valence-electron chi connectivity index (χ4n) is 2.26. The van der Waals surface area contributed by atoms with Gasteiger partial charge in [0.05, 0.1) is 0 Å². The molecule has 0 aliphatic rings. The van der Waals surface area contributed by atoms with E-state index in [0.29, 0.717) is 6.54 Å². The zero-order chi connectivity index (χ0) is 14.9. The number of amides is 1. The summed E-state index contributed by atoms with van der Waals surface area (Å²) in [7, 11) is 1.56. The molecule has 0 aliphatic carbocycles. The van der Waals surface area contributed by atoms with Crippen molar-refractivity contribution in [3.8, 4) is 0 Å². The van der Waals surface area contributed by atoms with Crippen LogP contribution in [0.15, 0.2) is 60.7 Å². The molecule has 1 atom stereocenters. The van der Waals surface area contributed by atoms with Crippen LogP contribution in [0.4, 0.5) is 0 Å². The van der Waals surface area contributed by atoms with E-state index in [1.54, 1.807) is 7.11 Å². The molecule has 2 aromatic rings. The number of aryl methyl sites for hydroxylation is 1. The summed E-state index contributed by atoms with van der Waals surface area (Å²) < 4.78 is 5.30. The molecular weight excluding hydrogens is 262 g/mol. The Kier molecular flexibility index (Phi) is 5.98. The first-order chi connectivity index (χ1) is 10.3. The molecule has 2 rings (SSSR count). The first kappa shape index (κ1) is 15.3. The lowest BCUT2D eigenvalue weighted by Crippen LogP contribution is -2.31. The summed E-state index contributed by atoms with van der Waals surface area (Å²) in [4.78, 5) is 12.1. The van der Waals surface area contributed by atoms with E-state index in [4.69, 9.17) is 4.74 Å². The minimum atomic E-state index is -0.539. The fraction of sp³-hybridized carbons (Fsp3) is 0.278. The van der Waals surface area contributed by atoms with Gasteiger partial charge < -0.3 is 10.1 Å². The van der Waals surface area contributed by atoms with Crippen molar-refractivity contribution < 1.29 is 9.53 Å². The number of ether oxygens (including phenoxy) is 1. The molecule has 0 spiro atoms. The largest absolute Gasteiger partial charge is 0.367 e. The van der Waals surface area contributed by atoms with Gasteiger partial charge in [-0.05, 0) is 24.0 Å². The monoisotopic (exact) mass is 283 g/mol. The van der Waals surface area contributed by atoms with Gasteiger partial charge in [-0.3, -0.25) is 4.79 Å². The van der Waals surface area contributed by atoms with Gasteiger partial charge in [0.25, 0.3) is 5.91 Å². The van der Waals surface area contributed by atoms with Crippen LogP contribution in [-0.2, 0) is 16.0 Å². The lowest BCUT2D eigenvalue weighted by molar-refractivity contribution is -0.131. The average Bonchev–Trinajstić information content (AvgIpc) is 2.54. The first-order valence-corrected chi connectivity index (χ1v) is 7.20. The molecule has 0 aliphatic heterocycles. The zero-order valence-corrected chi connectivity index (χ0v) is 12.3. The summed E-state index contributed by atoms with van der Waals surface area (Å²) in [5.41, 5.74) is 2.17. The van der Waals surface area contributed by atoms with Gasteiger partial charge in [0, 0.05) is 13.7 Å². The van der Waals surface area contributed by atoms with Crippen LogP contribution in [0, 0.1) is 0 Å². The van der Waals surface area contributed by atoms with E-state index in [1.165, 1.54) is 5.56 Å². The molecule has 1 N–H and O–H groups in total. The van der Waals surface area contributed by atoms with Crippen molar-refractivity contribution in [3.63, 3.8) is 0 Å². The average molecular weight is 283 g/mol. The van der Waals surface area contributed by atoms with Crippen LogP contribution in [0.3, 0.4) is 0 Å². The number of carbonyl (C=O) groups is 1. The van der Waals surface area contributed by atoms with Gasteiger partial charge in [-0.2, -0.15) is 0 Å². The Morgan fingerprint density at radius 2 is 1.67 bits per heavy atom. The Bertz CT molecular complexity index is 540. The Morgan fingerprint density at radius 3 is 2.29 bits per heavy atom. The smallest absolute Gasteiger partial charge is 0.253 e. The Labute approximate surface area is 126 Å². The van der Waals surface area contributed by atoms with Crippen molar-refractivity contribution in [1.82, 2.24) is 5.32 Å². The molecule has 21 heavy (non-hydrogen) atoms. The second-order valence-electron chi connectivity index (χ2n) is 4.91. The maximum atomic E-state index is 12.1. The molecule has 1 amide bonds. The van der Waals surface area contributed by atoms with Crippen LogP contribution in [0.2, 0.25) is 0 Å². The van der Waals surface area contributed by atoms with Gasteiger partial charge in [0.1, 0.15) is 0 Å². The minimum Gasteiger partial charge on any atom is -0.367 e. The summed E-state index contributed by atoms with van der Waals surface area (Å²) in [6.45, 7) is 0.653. The topological polar surface area (TPSA) is 38.3 Å². The lowest BCUT2D eigenvalue weighted by Gasteiger charge is -2.15. The number of nitrogens with one attached hydrogen (secondary N) is 1. The Hall–Kier alpha value is -2.13. The highest BCUT2D eigenvalue weighted by Crippen LogP contribution is 2.16. The quantitative estimate of drug-likeness (QED) is 0.793. The lowest BCUT2D eigenvalue weighted by atomic mass is 10.1. The summed E-state index contributed by atoms with van der Waals surface area (Å²) >= 11 is 0. The minimum absolute atomic E-state index is 0.0863. The highest BCUT2D eigenvalue weighted by Gasteiger charge is 2.18. The van der Waals surface area contributed by atoms with Crippen molar-refractivity contribution in [3.05, 3.63) is 71.8 Å². The maximum Gasteiger partial charge on any atom is 0.253 e. The number of hydrogen-bond acceptors (Lipinski definition) is 2. The third kappa shape index (κ3) is 4.72. The van der Waals surface area contributed by atoms with E-state index in [2.05, 4.69) is 17.4 Å². The van der Waals surface area contributed by atoms with E-state index in [1.807, 2.05) is 48.5 Å². The van der Waals surface area contributed by atoms with Crippen LogP contribution < -0.4 is 5.32 Å². The molecule has 0 heterocycles. The predicted molar refractivity (Wildman–Crippen MR) is 84.0 cm³/mol. The third-order valence-corrected chi connectivity index (χ3v) is 3.36. The molecule has 0 bridgehead atoms. The molecule has 3 heteroatoms. The van der Waals surface area contributed by atoms with Crippen molar-refractivity contribution in [2.45, 2.75) is 18.9 Å². The molecule has 0 saturated heterocycles. The van der Waals surface area contributed by atoms with Crippen molar-refractivity contribution >= 4 is 5.91 Å². The summed E-state index contributed by atoms with van der Waals surface area (Å²) in [6.07, 6.45) is 1.34. The molecule has 0 saturated carbocycles. The van der Waals surface area contributed by atoms with Crippen molar-refractivity contribution in [2.75, 3.05) is 13.7 Å². The van der Waals surface area contributed by atoms with Gasteiger partial charge in [-0.15, -0.1) is 0 Å². The van der Waals surface area contributed by atoms with E-state index in [0.717, 1.165) is 18.4 Å². The molecule has 3 nitrogen and oxygen atoms in total. The molecule has 2 aromatic carbocycles. The van der Waals surface area contributed by atoms with Crippen LogP contribution in [-0.4, -0.2) is 19.6 Å². The predicted octanol–water partition coefficient (Wildman–Crippen LogP) is 3.12. The van der Waals surface area contributed by atoms with Gasteiger partial charge in [-0.25, -0.2) is 0 Å². The molecular formula is C18H21NO2. The fourth-order valence-corrected chi connectivity index (χ4v) is 2.26. The molecule has 0 radical (unpaired) electrons. The first-order valence-electron chi connectivity index (χ1n) is 7.20. The second kappa shape index (κ2) is 8.22. The van der Waals surface area contributed by atoms with E-state index in [-0.39, 0.29) is 5.91 Å². The Morgan fingerprint density at radius 1 is 1.05 bits per heavy atom. The molecule has 0 aromatic heterocycles. The van der Waals surface area contributed by atoms with Crippen molar-refractivity contribution in [1.29, 1.82) is 0 Å². The van der Waals surface area contributed by atoms with E-state index < -0.39 is 6.10 Å². The van der Waals surface area contributed by atoms with Gasteiger partial charge in [0.15, 0.2) is 6.10 Å².